The molecule has 4 aromatic rings. The highest BCUT2D eigenvalue weighted by molar-refractivity contribution is 7.23. The Balaban J connectivity index is 1.40. The molecule has 2 aromatic heterocycles. The third kappa shape index (κ3) is 6.05. The van der Waals surface area contributed by atoms with Crippen molar-refractivity contribution in [3.05, 3.63) is 60.0 Å². The Morgan fingerprint density at radius 3 is 2.76 bits per heavy atom. The number of para-hydroxylation sites is 1. The number of aromatic nitrogens is 2. The van der Waals surface area contributed by atoms with Crippen LogP contribution in [0.3, 0.4) is 0 Å². The first kappa shape index (κ1) is 25.9. The predicted octanol–water partition coefficient (Wildman–Crippen LogP) is 5.46. The van der Waals surface area contributed by atoms with E-state index < -0.39 is 30.9 Å². The highest BCUT2D eigenvalue weighted by atomic mass is 32.1. The van der Waals surface area contributed by atoms with Crippen molar-refractivity contribution >= 4 is 33.2 Å². The number of halogens is 4. The van der Waals surface area contributed by atoms with E-state index >= 15 is 0 Å². The lowest BCUT2D eigenvalue weighted by atomic mass is 10.0. The summed E-state index contributed by atoms with van der Waals surface area (Å²) >= 11 is 1.08. The van der Waals surface area contributed by atoms with Gasteiger partial charge in [0, 0.05) is 6.54 Å². The molecule has 1 saturated heterocycles. The van der Waals surface area contributed by atoms with Crippen molar-refractivity contribution in [3.8, 4) is 16.5 Å². The van der Waals surface area contributed by atoms with Crippen molar-refractivity contribution in [3.63, 3.8) is 0 Å². The molecule has 2 atom stereocenters. The number of benzene rings is 2. The maximum absolute atomic E-state index is 14.4. The summed E-state index contributed by atoms with van der Waals surface area (Å²) in [5.41, 5.74) is 0.554. The summed E-state index contributed by atoms with van der Waals surface area (Å²) in [5.74, 6) is 0.301. The van der Waals surface area contributed by atoms with Crippen LogP contribution in [0, 0.1) is 0 Å². The number of rotatable bonds is 7. The number of nitrogens with one attached hydrogen (secondary N) is 3. The number of alkyl halides is 4. The number of nitrogens with zero attached hydrogens (tertiary/aromatic N) is 2. The molecule has 38 heavy (non-hydrogen) atoms. The van der Waals surface area contributed by atoms with Crippen molar-refractivity contribution < 1.29 is 31.6 Å². The molecule has 0 saturated carbocycles. The summed E-state index contributed by atoms with van der Waals surface area (Å²) < 4.78 is 66.0. The first-order chi connectivity index (χ1) is 18.3. The second-order valence-electron chi connectivity index (χ2n) is 8.71. The highest BCUT2D eigenvalue weighted by Crippen LogP contribution is 2.43. The summed E-state index contributed by atoms with van der Waals surface area (Å²) in [6.07, 6.45) is -7.03. The van der Waals surface area contributed by atoms with Gasteiger partial charge < -0.3 is 25.2 Å². The Kier molecular flexibility index (Phi) is 7.47. The Bertz CT molecular complexity index is 1410. The van der Waals surface area contributed by atoms with Gasteiger partial charge in [0.15, 0.2) is 0 Å². The van der Waals surface area contributed by atoms with Crippen LogP contribution >= 0.6 is 11.3 Å². The average Bonchev–Trinajstić information content (AvgIpc) is 3.49. The molecule has 0 radical (unpaired) electrons. The minimum Gasteiger partial charge on any atom is -0.410 e. The highest BCUT2D eigenvalue weighted by Gasteiger charge is 2.33. The smallest absolute Gasteiger partial charge is 0.410 e. The fraction of sp³-hybridized carbons (Fsp3) is 0.320. The van der Waals surface area contributed by atoms with Gasteiger partial charge in [-0.3, -0.25) is 0 Å². The minimum absolute atomic E-state index is 0.00579. The van der Waals surface area contributed by atoms with E-state index in [9.17, 15) is 22.4 Å². The second kappa shape index (κ2) is 11.0. The molecule has 3 heterocycles. The van der Waals surface area contributed by atoms with Gasteiger partial charge in [0.05, 0.1) is 27.7 Å². The van der Waals surface area contributed by atoms with E-state index in [-0.39, 0.29) is 35.2 Å². The Hall–Kier alpha value is -3.71. The van der Waals surface area contributed by atoms with Gasteiger partial charge in [-0.15, -0.1) is 11.3 Å². The molecule has 1 aliphatic heterocycles. The van der Waals surface area contributed by atoms with Crippen LogP contribution in [-0.2, 0) is 13.0 Å². The standard InChI is InChI=1S/C25H23F4N5O3S/c26-17-12-30-10-9-18(17)32-19-8-4-7-15-16(11-25(27,28)29)22(38-21(15)19)23-33-20(37-34-23)13-31-24(35)36-14-5-2-1-3-6-14/h1-8,17-18,30,32H,9-13H2,(H,31,35)/t17-,18+/m0/s1. The van der Waals surface area contributed by atoms with Crippen molar-refractivity contribution in [1.82, 2.24) is 20.8 Å². The molecule has 200 valence electrons. The van der Waals surface area contributed by atoms with E-state index in [1.807, 2.05) is 0 Å². The van der Waals surface area contributed by atoms with Crippen molar-refractivity contribution in [1.29, 1.82) is 0 Å². The third-order valence-corrected chi connectivity index (χ3v) is 7.23. The molecule has 2 aromatic carbocycles. The molecule has 0 unspecified atom stereocenters. The number of ether oxygens (including phenoxy) is 1. The quantitative estimate of drug-likeness (QED) is 0.263. The van der Waals surface area contributed by atoms with Gasteiger partial charge in [-0.05, 0) is 42.1 Å². The lowest BCUT2D eigenvalue weighted by Crippen LogP contribution is -2.45. The van der Waals surface area contributed by atoms with Crippen LogP contribution in [-0.4, -0.2) is 47.7 Å². The summed E-state index contributed by atoms with van der Waals surface area (Å²) in [6, 6.07) is 12.9. The van der Waals surface area contributed by atoms with Gasteiger partial charge in [-0.1, -0.05) is 35.5 Å². The normalized spacial score (nSPS) is 17.9. The molecule has 1 fully saturated rings. The van der Waals surface area contributed by atoms with Crippen LogP contribution in [0.25, 0.3) is 20.8 Å². The zero-order valence-electron chi connectivity index (χ0n) is 19.8. The summed E-state index contributed by atoms with van der Waals surface area (Å²) in [7, 11) is 0. The molecule has 0 spiro atoms. The Morgan fingerprint density at radius 1 is 1.18 bits per heavy atom. The van der Waals surface area contributed by atoms with Gasteiger partial charge in [0.1, 0.15) is 18.5 Å². The van der Waals surface area contributed by atoms with Crippen LogP contribution < -0.4 is 20.7 Å². The number of carbonyl (C=O) groups is 1. The molecular weight excluding hydrogens is 526 g/mol. The number of amides is 1. The van der Waals surface area contributed by atoms with Crippen LogP contribution in [0.5, 0.6) is 5.75 Å². The molecule has 5 rings (SSSR count). The molecular formula is C25H23F4N5O3S. The number of hydrogen-bond acceptors (Lipinski definition) is 8. The number of hydrogen-bond donors (Lipinski definition) is 3. The molecule has 0 bridgehead atoms. The Labute approximate surface area is 218 Å². The lowest BCUT2D eigenvalue weighted by Gasteiger charge is -2.28. The molecule has 3 N–H and O–H groups in total. The average molecular weight is 550 g/mol. The molecule has 8 nitrogen and oxygen atoms in total. The van der Waals surface area contributed by atoms with Gasteiger partial charge in [0.2, 0.25) is 11.7 Å². The predicted molar refractivity (Wildman–Crippen MR) is 134 cm³/mol. The van der Waals surface area contributed by atoms with Gasteiger partial charge in [0.25, 0.3) is 0 Å². The molecule has 0 aliphatic carbocycles. The van der Waals surface area contributed by atoms with E-state index in [1.165, 1.54) is 0 Å². The SMILES string of the molecule is O=C(NCc1nc(-c2sc3c(N[C@@H]4CCNC[C@@H]4F)cccc3c2CC(F)(F)F)no1)Oc1ccccc1. The largest absolute Gasteiger partial charge is 0.413 e. The first-order valence-electron chi connectivity index (χ1n) is 11.8. The number of anilines is 1. The van der Waals surface area contributed by atoms with Gasteiger partial charge in [-0.2, -0.15) is 18.2 Å². The fourth-order valence-corrected chi connectivity index (χ4v) is 5.44. The molecule has 1 aliphatic rings. The third-order valence-electron chi connectivity index (χ3n) is 5.95. The van der Waals surface area contributed by atoms with E-state index in [1.54, 1.807) is 48.5 Å². The van der Waals surface area contributed by atoms with Gasteiger partial charge >= 0.3 is 12.3 Å². The van der Waals surface area contributed by atoms with E-state index in [0.29, 0.717) is 34.5 Å². The molecule has 1 amide bonds. The minimum atomic E-state index is -4.49. The summed E-state index contributed by atoms with van der Waals surface area (Å²) in [6.45, 7) is 0.668. The first-order valence-corrected chi connectivity index (χ1v) is 12.6. The maximum atomic E-state index is 14.4. The molecule has 13 heteroatoms. The number of thiophene rings is 1. The number of fused-ring (bicyclic) bond motifs is 1. The fourth-order valence-electron chi connectivity index (χ4n) is 4.22. The van der Waals surface area contributed by atoms with Crippen LogP contribution in [0.4, 0.5) is 28.0 Å². The maximum Gasteiger partial charge on any atom is 0.413 e. The van der Waals surface area contributed by atoms with Crippen molar-refractivity contribution in [2.24, 2.45) is 0 Å². The number of piperidine rings is 1. The van der Waals surface area contributed by atoms with Crippen LogP contribution in [0.15, 0.2) is 53.1 Å². The van der Waals surface area contributed by atoms with E-state index in [4.69, 9.17) is 9.26 Å². The zero-order chi connectivity index (χ0) is 26.7. The van der Waals surface area contributed by atoms with Gasteiger partial charge in [-0.25, -0.2) is 9.18 Å². The van der Waals surface area contributed by atoms with Crippen molar-refractivity contribution in [2.45, 2.75) is 37.8 Å². The lowest BCUT2D eigenvalue weighted by molar-refractivity contribution is -0.126. The van der Waals surface area contributed by atoms with E-state index in [2.05, 4.69) is 26.1 Å². The second-order valence-corrected chi connectivity index (χ2v) is 9.73. The van der Waals surface area contributed by atoms with Crippen LogP contribution in [0.2, 0.25) is 0 Å². The number of carbonyl (C=O) groups excluding carboxylic acids is 1. The summed E-state index contributed by atoms with van der Waals surface area (Å²) in [4.78, 5) is 16.4. The monoisotopic (exact) mass is 549 g/mol. The van der Waals surface area contributed by atoms with Crippen molar-refractivity contribution in [2.75, 3.05) is 18.4 Å². The Morgan fingerprint density at radius 2 is 2.00 bits per heavy atom. The van der Waals surface area contributed by atoms with E-state index in [0.717, 1.165) is 11.3 Å². The zero-order valence-corrected chi connectivity index (χ0v) is 20.7. The summed E-state index contributed by atoms with van der Waals surface area (Å²) in [5, 5.41) is 12.9. The van der Waals surface area contributed by atoms with Crippen LogP contribution in [0.1, 0.15) is 17.9 Å². The topological polar surface area (TPSA) is 101 Å².